The Kier molecular flexibility index (Phi) is 8.70. The Morgan fingerprint density at radius 3 is 2.38 bits per heavy atom. The van der Waals surface area contributed by atoms with Crippen LogP contribution in [-0.4, -0.2) is 35.6 Å². The van der Waals surface area contributed by atoms with Gasteiger partial charge in [-0.2, -0.15) is 13.2 Å². The minimum atomic E-state index is -4.31. The molecule has 1 aromatic carbocycles. The number of pyridine rings is 1. The van der Waals surface area contributed by atoms with Gasteiger partial charge in [-0.05, 0) is 75.3 Å². The van der Waals surface area contributed by atoms with E-state index in [2.05, 4.69) is 36.0 Å². The number of hydrogen-bond acceptors (Lipinski definition) is 3. The van der Waals surface area contributed by atoms with Crippen LogP contribution in [0.3, 0.4) is 0 Å². The van der Waals surface area contributed by atoms with Gasteiger partial charge in [-0.25, -0.2) is 0 Å². The van der Waals surface area contributed by atoms with Gasteiger partial charge < -0.3 is 10.2 Å². The summed E-state index contributed by atoms with van der Waals surface area (Å²) in [5, 5.41) is 3.50. The zero-order valence-electron chi connectivity index (χ0n) is 17.3. The number of anilines is 1. The Morgan fingerprint density at radius 1 is 1.07 bits per heavy atom. The summed E-state index contributed by atoms with van der Waals surface area (Å²) in [5.74, 6) is 0. The summed E-state index contributed by atoms with van der Waals surface area (Å²) in [6.45, 7) is 9.80. The lowest BCUT2D eigenvalue weighted by Gasteiger charge is -2.20. The number of benzene rings is 1. The van der Waals surface area contributed by atoms with Crippen molar-refractivity contribution in [1.29, 1.82) is 0 Å². The zero-order chi connectivity index (χ0) is 21.3. The molecule has 0 spiro atoms. The highest BCUT2D eigenvalue weighted by Crippen LogP contribution is 2.29. The van der Waals surface area contributed by atoms with Gasteiger partial charge in [0.05, 0.1) is 11.3 Å². The summed E-state index contributed by atoms with van der Waals surface area (Å²) in [6.07, 6.45) is 3.21. The van der Waals surface area contributed by atoms with Gasteiger partial charge in [0.15, 0.2) is 0 Å². The molecule has 1 N–H and O–H groups in total. The maximum atomic E-state index is 12.6. The largest absolute Gasteiger partial charge is 0.416 e. The average Bonchev–Trinajstić information content (AvgIpc) is 2.69. The molecular weight excluding hydrogens is 375 g/mol. The van der Waals surface area contributed by atoms with Crippen molar-refractivity contribution in [3.05, 3.63) is 59.4 Å². The van der Waals surface area contributed by atoms with E-state index in [1.165, 1.54) is 12.1 Å². The molecule has 0 saturated heterocycles. The van der Waals surface area contributed by atoms with E-state index in [9.17, 15) is 13.2 Å². The molecule has 0 amide bonds. The predicted octanol–water partition coefficient (Wildman–Crippen LogP) is 6.19. The van der Waals surface area contributed by atoms with Gasteiger partial charge >= 0.3 is 6.18 Å². The molecule has 158 valence electrons. The normalized spacial score (nSPS) is 13.2. The molecule has 0 saturated carbocycles. The molecule has 6 heteroatoms. The van der Waals surface area contributed by atoms with Crippen molar-refractivity contribution in [1.82, 2.24) is 9.88 Å². The van der Waals surface area contributed by atoms with E-state index in [4.69, 9.17) is 0 Å². The highest BCUT2D eigenvalue weighted by molar-refractivity contribution is 5.69. The maximum Gasteiger partial charge on any atom is 0.416 e. The van der Waals surface area contributed by atoms with Crippen molar-refractivity contribution in [3.63, 3.8) is 0 Å². The highest BCUT2D eigenvalue weighted by atomic mass is 19.4. The van der Waals surface area contributed by atoms with E-state index in [-0.39, 0.29) is 0 Å². The minimum Gasteiger partial charge on any atom is -0.382 e. The number of nitrogens with one attached hydrogen (secondary N) is 1. The molecule has 29 heavy (non-hydrogen) atoms. The Labute approximate surface area is 171 Å². The van der Waals surface area contributed by atoms with Crippen LogP contribution in [0.5, 0.6) is 0 Å². The van der Waals surface area contributed by atoms with Gasteiger partial charge in [-0.3, -0.25) is 4.98 Å². The van der Waals surface area contributed by atoms with Crippen LogP contribution < -0.4 is 5.32 Å². The van der Waals surface area contributed by atoms with E-state index in [1.807, 2.05) is 12.1 Å². The average molecular weight is 406 g/mol. The third-order valence-electron chi connectivity index (χ3n) is 4.88. The van der Waals surface area contributed by atoms with E-state index < -0.39 is 11.7 Å². The summed E-state index contributed by atoms with van der Waals surface area (Å²) in [4.78, 5) is 6.73. The summed E-state index contributed by atoms with van der Waals surface area (Å²) in [6, 6.07) is 9.31. The molecule has 0 aliphatic rings. The van der Waals surface area contributed by atoms with Crippen LogP contribution in [0.2, 0.25) is 0 Å². The van der Waals surface area contributed by atoms with Crippen LogP contribution in [0.25, 0.3) is 12.2 Å². The van der Waals surface area contributed by atoms with Crippen molar-refractivity contribution in [2.45, 2.75) is 45.8 Å². The van der Waals surface area contributed by atoms with Gasteiger partial charge in [0, 0.05) is 17.9 Å². The Bertz CT molecular complexity index is 766. The third-order valence-corrected chi connectivity index (χ3v) is 4.88. The maximum absolute atomic E-state index is 12.6. The predicted molar refractivity (Wildman–Crippen MR) is 115 cm³/mol. The third kappa shape index (κ3) is 7.89. The number of alkyl halides is 3. The van der Waals surface area contributed by atoms with E-state index in [0.29, 0.717) is 11.6 Å². The number of nitrogens with zero attached hydrogens (tertiary/aromatic N) is 2. The lowest BCUT2D eigenvalue weighted by Crippen LogP contribution is -2.25. The second-order valence-electron chi connectivity index (χ2n) is 7.14. The molecule has 2 aromatic rings. The summed E-state index contributed by atoms with van der Waals surface area (Å²) >= 11 is 0. The van der Waals surface area contributed by atoms with Gasteiger partial charge in [0.25, 0.3) is 0 Å². The Hall–Kier alpha value is -2.34. The van der Waals surface area contributed by atoms with Gasteiger partial charge in [-0.15, -0.1) is 0 Å². The SMILES string of the molecule is CCN(CC)CCCC(C)Nc1ccnc(C=Cc2ccc(C(F)(F)F)cc2)c1. The summed E-state index contributed by atoms with van der Waals surface area (Å²) in [7, 11) is 0. The first-order chi connectivity index (χ1) is 13.8. The van der Waals surface area contributed by atoms with Crippen LogP contribution in [-0.2, 0) is 6.18 Å². The zero-order valence-corrected chi connectivity index (χ0v) is 17.3. The van der Waals surface area contributed by atoms with Gasteiger partial charge in [0.1, 0.15) is 0 Å². The smallest absolute Gasteiger partial charge is 0.382 e. The molecule has 0 fully saturated rings. The van der Waals surface area contributed by atoms with Crippen molar-refractivity contribution < 1.29 is 13.2 Å². The molecule has 2 rings (SSSR count). The monoisotopic (exact) mass is 405 g/mol. The molecule has 1 unspecified atom stereocenters. The number of halogens is 3. The van der Waals surface area contributed by atoms with E-state index in [1.54, 1.807) is 18.3 Å². The van der Waals surface area contributed by atoms with Crippen molar-refractivity contribution in [2.24, 2.45) is 0 Å². The van der Waals surface area contributed by atoms with Crippen LogP contribution in [0.4, 0.5) is 18.9 Å². The first-order valence-electron chi connectivity index (χ1n) is 10.1. The molecular formula is C23H30F3N3. The van der Waals surface area contributed by atoms with Crippen LogP contribution >= 0.6 is 0 Å². The Balaban J connectivity index is 1.91. The van der Waals surface area contributed by atoms with Crippen LogP contribution in [0, 0.1) is 0 Å². The first kappa shape index (κ1) is 22.9. The quantitative estimate of drug-likeness (QED) is 0.511. The second-order valence-corrected chi connectivity index (χ2v) is 7.14. The molecule has 0 radical (unpaired) electrons. The van der Waals surface area contributed by atoms with Gasteiger partial charge in [-0.1, -0.05) is 32.1 Å². The lowest BCUT2D eigenvalue weighted by atomic mass is 10.1. The lowest BCUT2D eigenvalue weighted by molar-refractivity contribution is -0.137. The van der Waals surface area contributed by atoms with Crippen molar-refractivity contribution in [2.75, 3.05) is 25.0 Å². The minimum absolute atomic E-state index is 0.347. The molecule has 1 heterocycles. The fourth-order valence-corrected chi connectivity index (χ4v) is 3.11. The van der Waals surface area contributed by atoms with E-state index in [0.717, 1.165) is 56.0 Å². The standard InChI is InChI=1S/C23H30F3N3/c1-4-29(5-2)16-6-7-18(3)28-22-14-15-27-21(17-22)13-10-19-8-11-20(12-9-19)23(24,25)26/h8-15,17-18H,4-7,16H2,1-3H3,(H,27,28). The first-order valence-corrected chi connectivity index (χ1v) is 10.1. The molecule has 3 nitrogen and oxygen atoms in total. The topological polar surface area (TPSA) is 28.2 Å². The number of aromatic nitrogens is 1. The van der Waals surface area contributed by atoms with Crippen LogP contribution in [0.15, 0.2) is 42.6 Å². The number of hydrogen-bond donors (Lipinski definition) is 1. The van der Waals surface area contributed by atoms with Crippen molar-refractivity contribution in [3.8, 4) is 0 Å². The fourth-order valence-electron chi connectivity index (χ4n) is 3.11. The molecule has 1 atom stereocenters. The van der Waals surface area contributed by atoms with Gasteiger partial charge in [0.2, 0.25) is 0 Å². The van der Waals surface area contributed by atoms with Crippen LogP contribution in [0.1, 0.15) is 50.4 Å². The molecule has 0 bridgehead atoms. The summed E-state index contributed by atoms with van der Waals surface area (Å²) < 4.78 is 37.9. The molecule has 0 aliphatic carbocycles. The fraction of sp³-hybridized carbons (Fsp3) is 0.435. The highest BCUT2D eigenvalue weighted by Gasteiger charge is 2.29. The summed E-state index contributed by atoms with van der Waals surface area (Å²) in [5.41, 5.74) is 1.80. The molecule has 0 aliphatic heterocycles. The second kappa shape index (κ2) is 11.0. The molecule has 1 aromatic heterocycles. The van der Waals surface area contributed by atoms with E-state index >= 15 is 0 Å². The number of rotatable bonds is 10. The van der Waals surface area contributed by atoms with Crippen molar-refractivity contribution >= 4 is 17.8 Å². The Morgan fingerprint density at radius 2 is 1.76 bits per heavy atom.